The molecular weight excluding hydrogens is 276 g/mol. The van der Waals surface area contributed by atoms with Gasteiger partial charge in [0.15, 0.2) is 5.16 Å². The van der Waals surface area contributed by atoms with Crippen LogP contribution in [0.1, 0.15) is 45.6 Å². The second-order valence-electron chi connectivity index (χ2n) is 5.48. The van der Waals surface area contributed by atoms with Crippen LogP contribution in [0.2, 0.25) is 0 Å². The van der Waals surface area contributed by atoms with Crippen molar-refractivity contribution in [2.75, 3.05) is 12.4 Å². The first-order valence-electron chi connectivity index (χ1n) is 7.02. The Morgan fingerprint density at radius 3 is 3.00 bits per heavy atom. The van der Waals surface area contributed by atoms with Crippen molar-refractivity contribution in [1.82, 2.24) is 20.1 Å². The molecule has 20 heavy (non-hydrogen) atoms. The van der Waals surface area contributed by atoms with Crippen molar-refractivity contribution in [3.63, 3.8) is 0 Å². The molecule has 1 aromatic heterocycles. The topological polar surface area (TPSA) is 80.0 Å². The summed E-state index contributed by atoms with van der Waals surface area (Å²) in [6, 6.07) is 0.519. The summed E-state index contributed by atoms with van der Waals surface area (Å²) in [5.74, 6) is 0.296. The van der Waals surface area contributed by atoms with E-state index in [-0.39, 0.29) is 18.1 Å². The largest absolute Gasteiger partial charge is 0.396 e. The molecule has 1 aliphatic rings. The zero-order valence-electron chi connectivity index (χ0n) is 12.0. The Balaban J connectivity index is 1.84. The number of hydrogen-bond acceptors (Lipinski definition) is 5. The van der Waals surface area contributed by atoms with E-state index in [1.54, 1.807) is 6.33 Å². The number of amides is 1. The molecule has 2 N–H and O–H groups in total. The summed E-state index contributed by atoms with van der Waals surface area (Å²) in [6.45, 7) is 4.04. The van der Waals surface area contributed by atoms with Gasteiger partial charge in [0.25, 0.3) is 0 Å². The smallest absolute Gasteiger partial charge is 0.230 e. The second kappa shape index (κ2) is 6.58. The van der Waals surface area contributed by atoms with Gasteiger partial charge in [0.2, 0.25) is 5.91 Å². The molecule has 112 valence electrons. The summed E-state index contributed by atoms with van der Waals surface area (Å²) in [5.41, 5.74) is -0.337. The first-order chi connectivity index (χ1) is 9.58. The van der Waals surface area contributed by atoms with Crippen LogP contribution in [0, 0.1) is 0 Å². The van der Waals surface area contributed by atoms with Crippen LogP contribution < -0.4 is 5.32 Å². The van der Waals surface area contributed by atoms with Crippen LogP contribution in [-0.2, 0) is 4.79 Å². The lowest BCUT2D eigenvalue weighted by Crippen LogP contribution is -2.46. The fourth-order valence-corrected chi connectivity index (χ4v) is 2.80. The zero-order chi connectivity index (χ0) is 14.6. The molecule has 0 aromatic carbocycles. The van der Waals surface area contributed by atoms with Gasteiger partial charge in [-0.15, -0.1) is 10.2 Å². The maximum Gasteiger partial charge on any atom is 0.230 e. The Morgan fingerprint density at radius 1 is 1.65 bits per heavy atom. The quantitative estimate of drug-likeness (QED) is 0.709. The number of rotatable bonds is 8. The number of thioether (sulfide) groups is 1. The van der Waals surface area contributed by atoms with E-state index in [4.69, 9.17) is 5.11 Å². The van der Waals surface area contributed by atoms with E-state index >= 15 is 0 Å². The predicted octanol–water partition coefficient (Wildman–Crippen LogP) is 1.37. The Kier molecular flexibility index (Phi) is 5.04. The van der Waals surface area contributed by atoms with E-state index < -0.39 is 0 Å². The average Bonchev–Trinajstić information content (AvgIpc) is 3.15. The third-order valence-electron chi connectivity index (χ3n) is 3.70. The molecule has 1 amide bonds. The summed E-state index contributed by atoms with van der Waals surface area (Å²) in [5, 5.41) is 20.8. The Hall–Kier alpha value is -1.08. The van der Waals surface area contributed by atoms with Gasteiger partial charge in [-0.05, 0) is 32.6 Å². The number of hydrogen-bond donors (Lipinski definition) is 2. The molecule has 0 radical (unpaired) electrons. The number of aliphatic hydroxyl groups excluding tert-OH is 1. The summed E-state index contributed by atoms with van der Waals surface area (Å²) < 4.78 is 2.05. The molecule has 1 atom stereocenters. The highest BCUT2D eigenvalue weighted by Crippen LogP contribution is 2.37. The number of carbonyl (C=O) groups is 1. The molecule has 1 fully saturated rings. The van der Waals surface area contributed by atoms with E-state index in [1.165, 1.54) is 24.6 Å². The normalized spacial score (nSPS) is 17.8. The van der Waals surface area contributed by atoms with Gasteiger partial charge in [-0.1, -0.05) is 18.7 Å². The Labute approximate surface area is 123 Å². The molecule has 1 aromatic rings. The number of nitrogens with one attached hydrogen (secondary N) is 1. The number of aliphatic hydroxyl groups is 1. The van der Waals surface area contributed by atoms with E-state index in [0.717, 1.165) is 11.6 Å². The minimum absolute atomic E-state index is 0.0295. The molecule has 1 unspecified atom stereocenters. The zero-order valence-corrected chi connectivity index (χ0v) is 12.8. The second-order valence-corrected chi connectivity index (χ2v) is 6.42. The summed E-state index contributed by atoms with van der Waals surface area (Å²) in [6.07, 6.45) is 5.44. The van der Waals surface area contributed by atoms with Crippen molar-refractivity contribution in [2.45, 2.75) is 56.3 Å². The van der Waals surface area contributed by atoms with Gasteiger partial charge in [-0.3, -0.25) is 4.79 Å². The summed E-state index contributed by atoms with van der Waals surface area (Å²) >= 11 is 1.41. The average molecular weight is 298 g/mol. The first-order valence-corrected chi connectivity index (χ1v) is 8.00. The van der Waals surface area contributed by atoms with E-state index in [1.807, 2.05) is 18.4 Å². The molecule has 2 rings (SSSR count). The third-order valence-corrected chi connectivity index (χ3v) is 4.66. The lowest BCUT2D eigenvalue weighted by Gasteiger charge is -2.28. The highest BCUT2D eigenvalue weighted by molar-refractivity contribution is 7.99. The van der Waals surface area contributed by atoms with Crippen LogP contribution in [0.4, 0.5) is 0 Å². The molecule has 1 saturated carbocycles. The highest BCUT2D eigenvalue weighted by atomic mass is 32.2. The third kappa shape index (κ3) is 3.96. The monoisotopic (exact) mass is 298 g/mol. The molecule has 0 spiro atoms. The SMILES string of the molecule is CCC(C)(CCO)NC(=O)CSc1nncn1C1CC1. The van der Waals surface area contributed by atoms with Crippen molar-refractivity contribution < 1.29 is 9.90 Å². The van der Waals surface area contributed by atoms with Crippen molar-refractivity contribution in [2.24, 2.45) is 0 Å². The first kappa shape index (κ1) is 15.3. The van der Waals surface area contributed by atoms with Gasteiger partial charge < -0.3 is 15.0 Å². The van der Waals surface area contributed by atoms with Gasteiger partial charge in [0.05, 0.1) is 5.75 Å². The predicted molar refractivity (Wildman–Crippen MR) is 77.6 cm³/mol. The van der Waals surface area contributed by atoms with E-state index in [2.05, 4.69) is 15.5 Å². The van der Waals surface area contributed by atoms with Gasteiger partial charge >= 0.3 is 0 Å². The van der Waals surface area contributed by atoms with Gasteiger partial charge in [0, 0.05) is 18.2 Å². The molecule has 6 nitrogen and oxygen atoms in total. The molecule has 1 heterocycles. The minimum atomic E-state index is -0.337. The van der Waals surface area contributed by atoms with Crippen LogP contribution in [0.25, 0.3) is 0 Å². The standard InChI is InChI=1S/C13H22N4O2S/c1-3-13(2,6-7-18)15-11(19)8-20-12-16-14-9-17(12)10-4-5-10/h9-10,18H,3-8H2,1-2H3,(H,15,19). The van der Waals surface area contributed by atoms with E-state index in [0.29, 0.717) is 18.2 Å². The number of carbonyl (C=O) groups excluding carboxylic acids is 1. The lowest BCUT2D eigenvalue weighted by molar-refractivity contribution is -0.120. The number of nitrogens with zero attached hydrogens (tertiary/aromatic N) is 3. The maximum absolute atomic E-state index is 12.0. The van der Waals surface area contributed by atoms with Crippen molar-refractivity contribution in [3.8, 4) is 0 Å². The Morgan fingerprint density at radius 2 is 2.40 bits per heavy atom. The van der Waals surface area contributed by atoms with E-state index in [9.17, 15) is 4.79 Å². The van der Waals surface area contributed by atoms with Crippen molar-refractivity contribution >= 4 is 17.7 Å². The number of aromatic nitrogens is 3. The van der Waals surface area contributed by atoms with Crippen LogP contribution in [0.3, 0.4) is 0 Å². The highest BCUT2D eigenvalue weighted by Gasteiger charge is 2.27. The van der Waals surface area contributed by atoms with Crippen molar-refractivity contribution in [3.05, 3.63) is 6.33 Å². The fraction of sp³-hybridized carbons (Fsp3) is 0.769. The van der Waals surface area contributed by atoms with Crippen LogP contribution >= 0.6 is 11.8 Å². The molecule has 0 saturated heterocycles. The summed E-state index contributed by atoms with van der Waals surface area (Å²) in [7, 11) is 0. The molecular formula is C13H22N4O2S. The molecule has 0 bridgehead atoms. The minimum Gasteiger partial charge on any atom is -0.396 e. The van der Waals surface area contributed by atoms with Crippen molar-refractivity contribution in [1.29, 1.82) is 0 Å². The van der Waals surface area contributed by atoms with Crippen LogP contribution in [-0.4, -0.2) is 43.7 Å². The van der Waals surface area contributed by atoms with Crippen LogP contribution in [0.5, 0.6) is 0 Å². The maximum atomic E-state index is 12.0. The van der Waals surface area contributed by atoms with Gasteiger partial charge in [0.1, 0.15) is 6.33 Å². The van der Waals surface area contributed by atoms with Crippen LogP contribution in [0.15, 0.2) is 11.5 Å². The van der Waals surface area contributed by atoms with Gasteiger partial charge in [-0.2, -0.15) is 0 Å². The Bertz CT molecular complexity index is 461. The molecule has 1 aliphatic carbocycles. The molecule has 7 heteroatoms. The fourth-order valence-electron chi connectivity index (χ4n) is 2.02. The van der Waals surface area contributed by atoms with Gasteiger partial charge in [-0.25, -0.2) is 0 Å². The lowest BCUT2D eigenvalue weighted by atomic mass is 9.95. The molecule has 0 aliphatic heterocycles. The summed E-state index contributed by atoms with van der Waals surface area (Å²) in [4.78, 5) is 12.0.